The van der Waals surface area contributed by atoms with Crippen LogP contribution in [0.15, 0.2) is 36.9 Å². The van der Waals surface area contributed by atoms with Crippen LogP contribution in [0.4, 0.5) is 0 Å². The summed E-state index contributed by atoms with van der Waals surface area (Å²) < 4.78 is 1.83. The highest BCUT2D eigenvalue weighted by molar-refractivity contribution is 5.33. The van der Waals surface area contributed by atoms with Crippen molar-refractivity contribution in [3.8, 4) is 12.1 Å². The predicted molar refractivity (Wildman–Crippen MR) is 79.2 cm³/mol. The van der Waals surface area contributed by atoms with Crippen LogP contribution in [-0.2, 0) is 0 Å². The zero-order valence-electron chi connectivity index (χ0n) is 12.1. The fourth-order valence-electron chi connectivity index (χ4n) is 2.88. The molecule has 2 aromatic rings. The maximum absolute atomic E-state index is 9.05. The van der Waals surface area contributed by atoms with Crippen molar-refractivity contribution in [2.75, 3.05) is 13.1 Å². The fraction of sp³-hybridized carbons (Fsp3) is 0.375. The van der Waals surface area contributed by atoms with E-state index in [2.05, 4.69) is 27.1 Å². The SMILES string of the molecule is N#Cc1ccc(C(N2CCC(C#N)CC2)n2cncn2)cc1. The minimum atomic E-state index is -0.0464. The second-order valence-electron chi connectivity index (χ2n) is 5.42. The van der Waals surface area contributed by atoms with Gasteiger partial charge in [-0.3, -0.25) is 4.90 Å². The Balaban J connectivity index is 1.88. The molecule has 1 aromatic carbocycles. The second kappa shape index (κ2) is 6.38. The third kappa shape index (κ3) is 2.83. The fourth-order valence-corrected chi connectivity index (χ4v) is 2.88. The third-order valence-corrected chi connectivity index (χ3v) is 4.08. The lowest BCUT2D eigenvalue weighted by Gasteiger charge is -2.36. The van der Waals surface area contributed by atoms with Gasteiger partial charge in [0.1, 0.15) is 18.8 Å². The number of piperidine rings is 1. The number of hydrogen-bond donors (Lipinski definition) is 0. The summed E-state index contributed by atoms with van der Waals surface area (Å²) in [6.45, 7) is 1.70. The smallest absolute Gasteiger partial charge is 0.137 e. The molecule has 0 saturated carbocycles. The molecule has 0 spiro atoms. The van der Waals surface area contributed by atoms with E-state index >= 15 is 0 Å². The van der Waals surface area contributed by atoms with Crippen molar-refractivity contribution in [3.05, 3.63) is 48.0 Å². The van der Waals surface area contributed by atoms with Crippen molar-refractivity contribution in [3.63, 3.8) is 0 Å². The minimum Gasteiger partial charge on any atom is -0.278 e. The molecule has 0 radical (unpaired) electrons. The van der Waals surface area contributed by atoms with Gasteiger partial charge >= 0.3 is 0 Å². The van der Waals surface area contributed by atoms with Crippen molar-refractivity contribution in [1.82, 2.24) is 19.7 Å². The lowest BCUT2D eigenvalue weighted by Crippen LogP contribution is -2.39. The van der Waals surface area contributed by atoms with E-state index in [1.54, 1.807) is 6.33 Å². The zero-order chi connectivity index (χ0) is 15.4. The standard InChI is InChI=1S/C16H16N6/c17-9-13-1-3-15(4-2-13)16(22-12-19-11-20-22)21-7-5-14(10-18)6-8-21/h1-4,11-12,14,16H,5-8H2. The van der Waals surface area contributed by atoms with Gasteiger partial charge in [-0.2, -0.15) is 15.6 Å². The van der Waals surface area contributed by atoms with Gasteiger partial charge < -0.3 is 0 Å². The maximum Gasteiger partial charge on any atom is 0.137 e. The molecule has 6 nitrogen and oxygen atoms in total. The van der Waals surface area contributed by atoms with E-state index in [0.29, 0.717) is 5.56 Å². The van der Waals surface area contributed by atoms with Crippen LogP contribution in [0.3, 0.4) is 0 Å². The lowest BCUT2D eigenvalue weighted by molar-refractivity contribution is 0.118. The molecule has 22 heavy (non-hydrogen) atoms. The normalized spacial score (nSPS) is 17.5. The molecular formula is C16H16N6. The van der Waals surface area contributed by atoms with Crippen LogP contribution in [0.1, 0.15) is 30.1 Å². The van der Waals surface area contributed by atoms with Gasteiger partial charge in [-0.05, 0) is 30.5 Å². The molecule has 0 aliphatic carbocycles. The molecule has 0 amide bonds. The molecule has 1 aromatic heterocycles. The highest BCUT2D eigenvalue weighted by atomic mass is 15.4. The molecule has 1 atom stereocenters. The Kier molecular flexibility index (Phi) is 4.13. The van der Waals surface area contributed by atoms with E-state index in [0.717, 1.165) is 31.5 Å². The molecule has 1 fully saturated rings. The molecule has 0 bridgehead atoms. The summed E-state index contributed by atoms with van der Waals surface area (Å²) in [5.41, 5.74) is 1.71. The van der Waals surface area contributed by atoms with Gasteiger partial charge in [0.15, 0.2) is 0 Å². The Morgan fingerprint density at radius 3 is 2.41 bits per heavy atom. The van der Waals surface area contributed by atoms with Crippen LogP contribution >= 0.6 is 0 Å². The van der Waals surface area contributed by atoms with Crippen LogP contribution < -0.4 is 0 Å². The summed E-state index contributed by atoms with van der Waals surface area (Å²) in [7, 11) is 0. The third-order valence-electron chi connectivity index (χ3n) is 4.08. The summed E-state index contributed by atoms with van der Waals surface area (Å²) in [6, 6.07) is 12.1. The average Bonchev–Trinajstić information content (AvgIpc) is 3.10. The second-order valence-corrected chi connectivity index (χ2v) is 5.42. The van der Waals surface area contributed by atoms with Gasteiger partial charge in [0.2, 0.25) is 0 Å². The Bertz CT molecular complexity index is 684. The number of nitrogens with zero attached hydrogens (tertiary/aromatic N) is 6. The first-order valence-corrected chi connectivity index (χ1v) is 7.29. The van der Waals surface area contributed by atoms with Gasteiger partial charge in [-0.15, -0.1) is 0 Å². The first kappa shape index (κ1) is 14.2. The monoisotopic (exact) mass is 292 g/mol. The molecule has 6 heteroatoms. The van der Waals surface area contributed by atoms with Crippen molar-refractivity contribution in [1.29, 1.82) is 10.5 Å². The van der Waals surface area contributed by atoms with Crippen molar-refractivity contribution in [2.45, 2.75) is 19.0 Å². The highest BCUT2D eigenvalue weighted by Gasteiger charge is 2.27. The van der Waals surface area contributed by atoms with Crippen LogP contribution in [0.2, 0.25) is 0 Å². The van der Waals surface area contributed by atoms with Gasteiger partial charge in [-0.25, -0.2) is 9.67 Å². The number of aromatic nitrogens is 3. The summed E-state index contributed by atoms with van der Waals surface area (Å²) >= 11 is 0. The molecule has 3 rings (SSSR count). The molecule has 2 heterocycles. The Morgan fingerprint density at radius 1 is 1.14 bits per heavy atom. The topological polar surface area (TPSA) is 81.5 Å². The number of hydrogen-bond acceptors (Lipinski definition) is 5. The molecule has 1 unspecified atom stereocenters. The van der Waals surface area contributed by atoms with Crippen LogP contribution in [0.25, 0.3) is 0 Å². The van der Waals surface area contributed by atoms with Gasteiger partial charge in [0.25, 0.3) is 0 Å². The predicted octanol–water partition coefficient (Wildman–Crippen LogP) is 1.93. The van der Waals surface area contributed by atoms with E-state index in [9.17, 15) is 0 Å². The Labute approximate surface area is 129 Å². The first-order chi connectivity index (χ1) is 10.8. The summed E-state index contributed by atoms with van der Waals surface area (Å²) in [6.07, 6.45) is 4.93. The molecule has 1 aliphatic heterocycles. The largest absolute Gasteiger partial charge is 0.278 e. The molecule has 1 aliphatic rings. The van der Waals surface area contributed by atoms with Crippen LogP contribution in [0.5, 0.6) is 0 Å². The van der Waals surface area contributed by atoms with Crippen molar-refractivity contribution >= 4 is 0 Å². The Morgan fingerprint density at radius 2 is 1.86 bits per heavy atom. The summed E-state index contributed by atoms with van der Waals surface area (Å²) in [5, 5.41) is 22.3. The summed E-state index contributed by atoms with van der Waals surface area (Å²) in [5.74, 6) is 0.147. The van der Waals surface area contributed by atoms with Gasteiger partial charge in [-0.1, -0.05) is 12.1 Å². The van der Waals surface area contributed by atoms with Crippen molar-refractivity contribution in [2.24, 2.45) is 5.92 Å². The average molecular weight is 292 g/mol. The maximum atomic E-state index is 9.05. The molecular weight excluding hydrogens is 276 g/mol. The molecule has 110 valence electrons. The van der Waals surface area contributed by atoms with E-state index in [-0.39, 0.29) is 12.1 Å². The first-order valence-electron chi connectivity index (χ1n) is 7.29. The van der Waals surface area contributed by atoms with Crippen molar-refractivity contribution < 1.29 is 0 Å². The highest BCUT2D eigenvalue weighted by Crippen LogP contribution is 2.27. The van der Waals surface area contributed by atoms with Crippen LogP contribution in [-0.4, -0.2) is 32.8 Å². The van der Waals surface area contributed by atoms with E-state index in [4.69, 9.17) is 10.5 Å². The Hall–Kier alpha value is -2.70. The van der Waals surface area contributed by atoms with E-state index in [1.165, 1.54) is 6.33 Å². The molecule has 0 N–H and O–H groups in total. The molecule has 1 saturated heterocycles. The van der Waals surface area contributed by atoms with Gasteiger partial charge in [0.05, 0.1) is 17.7 Å². The number of likely N-dealkylation sites (tertiary alicyclic amines) is 1. The number of benzene rings is 1. The quantitative estimate of drug-likeness (QED) is 0.863. The zero-order valence-corrected chi connectivity index (χ0v) is 12.1. The van der Waals surface area contributed by atoms with Crippen LogP contribution in [0, 0.1) is 28.6 Å². The van der Waals surface area contributed by atoms with E-state index in [1.807, 2.05) is 28.9 Å². The minimum absolute atomic E-state index is 0.0464. The number of nitriles is 2. The van der Waals surface area contributed by atoms with Gasteiger partial charge in [0, 0.05) is 19.0 Å². The number of rotatable bonds is 3. The van der Waals surface area contributed by atoms with E-state index < -0.39 is 0 Å². The summed E-state index contributed by atoms with van der Waals surface area (Å²) in [4.78, 5) is 6.36. The lowest BCUT2D eigenvalue weighted by atomic mass is 9.97.